The van der Waals surface area contributed by atoms with Gasteiger partial charge in [0.1, 0.15) is 11.3 Å². The monoisotopic (exact) mass is 472 g/mol. The molecule has 4 aromatic rings. The highest BCUT2D eigenvalue weighted by Gasteiger charge is 2.16. The first kappa shape index (κ1) is 22.0. The van der Waals surface area contributed by atoms with Crippen LogP contribution in [0.1, 0.15) is 10.4 Å². The number of amides is 1. The maximum Gasteiger partial charge on any atom is 0.322 e. The van der Waals surface area contributed by atoms with Gasteiger partial charge in [0.2, 0.25) is 5.89 Å². The fourth-order valence-electron chi connectivity index (χ4n) is 2.94. The van der Waals surface area contributed by atoms with Crippen LogP contribution >= 0.6 is 22.9 Å². The molecular formula is C21H21ClN6O3S. The van der Waals surface area contributed by atoms with Gasteiger partial charge in [-0.25, -0.2) is 4.98 Å². The number of nitrogens with one attached hydrogen (secondary N) is 2. The molecule has 4 rings (SSSR count). The summed E-state index contributed by atoms with van der Waals surface area (Å²) in [7, 11) is 5.48. The van der Waals surface area contributed by atoms with E-state index in [1.165, 1.54) is 11.3 Å². The van der Waals surface area contributed by atoms with Gasteiger partial charge >= 0.3 is 6.01 Å². The number of ether oxygens (including phenoxy) is 1. The minimum Gasteiger partial charge on any atom is -0.494 e. The van der Waals surface area contributed by atoms with Gasteiger partial charge in [-0.05, 0) is 44.4 Å². The normalized spacial score (nSPS) is 11.2. The molecule has 0 unspecified atom stereocenters. The number of benzene rings is 2. The van der Waals surface area contributed by atoms with E-state index in [0.717, 1.165) is 16.8 Å². The van der Waals surface area contributed by atoms with Crippen LogP contribution in [-0.4, -0.2) is 60.3 Å². The maximum absolute atomic E-state index is 12.5. The molecule has 2 N–H and O–H groups in total. The molecule has 0 saturated carbocycles. The Balaban J connectivity index is 1.51. The molecule has 1 amide bonds. The Morgan fingerprint density at radius 3 is 2.88 bits per heavy atom. The van der Waals surface area contributed by atoms with E-state index in [1.807, 2.05) is 37.2 Å². The lowest BCUT2D eigenvalue weighted by molar-refractivity contribution is 0.0951. The van der Waals surface area contributed by atoms with E-state index in [4.69, 9.17) is 20.8 Å². The van der Waals surface area contributed by atoms with Crippen molar-refractivity contribution in [3.05, 3.63) is 47.0 Å². The molecule has 0 aliphatic heterocycles. The zero-order valence-corrected chi connectivity index (χ0v) is 19.3. The van der Waals surface area contributed by atoms with Crippen molar-refractivity contribution in [3.8, 4) is 17.2 Å². The second kappa shape index (κ2) is 9.51. The molecular weight excluding hydrogens is 452 g/mol. The van der Waals surface area contributed by atoms with Crippen LogP contribution in [0.5, 0.6) is 5.75 Å². The molecule has 0 atom stereocenters. The lowest BCUT2D eigenvalue weighted by atomic mass is 10.1. The van der Waals surface area contributed by atoms with Crippen molar-refractivity contribution >= 4 is 50.2 Å². The van der Waals surface area contributed by atoms with Gasteiger partial charge in [-0.1, -0.05) is 34.1 Å². The Morgan fingerprint density at radius 2 is 2.09 bits per heavy atom. The fourth-order valence-corrected chi connectivity index (χ4v) is 4.02. The van der Waals surface area contributed by atoms with Crippen LogP contribution < -0.4 is 15.4 Å². The number of nitrogens with zero attached hydrogens (tertiary/aromatic N) is 4. The van der Waals surface area contributed by atoms with Crippen LogP contribution in [0.25, 0.3) is 21.7 Å². The van der Waals surface area contributed by atoms with E-state index >= 15 is 0 Å². The molecule has 9 nitrogen and oxygen atoms in total. The summed E-state index contributed by atoms with van der Waals surface area (Å²) in [5, 5.41) is 14.9. The maximum atomic E-state index is 12.5. The van der Waals surface area contributed by atoms with E-state index < -0.39 is 0 Å². The largest absolute Gasteiger partial charge is 0.494 e. The van der Waals surface area contributed by atoms with Crippen molar-refractivity contribution in [1.82, 2.24) is 25.4 Å². The number of carbonyl (C=O) groups excluding carboxylic acids is 1. The number of hydrogen-bond donors (Lipinski definition) is 2. The molecule has 0 spiro atoms. The van der Waals surface area contributed by atoms with Crippen LogP contribution in [0.3, 0.4) is 0 Å². The number of thiazole rings is 1. The number of fused-ring (bicyclic) bond motifs is 1. The summed E-state index contributed by atoms with van der Waals surface area (Å²) in [4.78, 5) is 19.0. The second-order valence-corrected chi connectivity index (χ2v) is 8.56. The van der Waals surface area contributed by atoms with Crippen LogP contribution in [0.15, 0.2) is 40.8 Å². The van der Waals surface area contributed by atoms with Crippen molar-refractivity contribution in [3.63, 3.8) is 0 Å². The van der Waals surface area contributed by atoms with Gasteiger partial charge in [-0.2, -0.15) is 0 Å². The van der Waals surface area contributed by atoms with Crippen molar-refractivity contribution in [2.45, 2.75) is 0 Å². The Morgan fingerprint density at radius 1 is 1.25 bits per heavy atom. The standard InChI is InChI=1S/C21H21ClN6O3S/c1-28(2)10-9-23-18(29)13-11-12(7-8-14(13)22)19-26-27-20(31-19)25-21-24-17-15(30-3)5-4-6-16(17)32-21/h4-8,11H,9-10H2,1-3H3,(H,23,29)(H,24,25,27). The number of para-hydroxylation sites is 1. The number of carbonyl (C=O) groups is 1. The van der Waals surface area contributed by atoms with Crippen LogP contribution in [0, 0.1) is 0 Å². The zero-order valence-electron chi connectivity index (χ0n) is 17.7. The third kappa shape index (κ3) is 4.82. The number of halogens is 1. The smallest absolute Gasteiger partial charge is 0.322 e. The average molecular weight is 473 g/mol. The third-order valence-electron chi connectivity index (χ3n) is 4.54. The highest BCUT2D eigenvalue weighted by Crippen LogP contribution is 2.34. The predicted molar refractivity (Wildman–Crippen MR) is 125 cm³/mol. The lowest BCUT2D eigenvalue weighted by Gasteiger charge is -2.11. The first-order valence-electron chi connectivity index (χ1n) is 9.71. The van der Waals surface area contributed by atoms with Gasteiger partial charge in [0.15, 0.2) is 5.13 Å². The minimum absolute atomic E-state index is 0.185. The van der Waals surface area contributed by atoms with E-state index in [9.17, 15) is 4.79 Å². The molecule has 0 bridgehead atoms. The molecule has 0 saturated heterocycles. The zero-order chi connectivity index (χ0) is 22.7. The number of likely N-dealkylation sites (N-methyl/N-ethyl adjacent to an activating group) is 1. The van der Waals surface area contributed by atoms with Crippen LogP contribution in [0.4, 0.5) is 11.1 Å². The van der Waals surface area contributed by atoms with Gasteiger partial charge in [0.25, 0.3) is 5.91 Å². The fraction of sp³-hybridized carbons (Fsp3) is 0.238. The van der Waals surface area contributed by atoms with E-state index in [0.29, 0.717) is 33.6 Å². The number of hydrogen-bond acceptors (Lipinski definition) is 9. The van der Waals surface area contributed by atoms with Crippen molar-refractivity contribution in [2.24, 2.45) is 0 Å². The summed E-state index contributed by atoms with van der Waals surface area (Å²) in [6.07, 6.45) is 0. The third-order valence-corrected chi connectivity index (χ3v) is 5.81. The van der Waals surface area contributed by atoms with Gasteiger partial charge in [-0.3, -0.25) is 10.1 Å². The highest BCUT2D eigenvalue weighted by atomic mass is 35.5. The van der Waals surface area contributed by atoms with Crippen molar-refractivity contribution < 1.29 is 13.9 Å². The summed E-state index contributed by atoms with van der Waals surface area (Å²) < 4.78 is 12.0. The first-order valence-corrected chi connectivity index (χ1v) is 10.9. The molecule has 166 valence electrons. The summed E-state index contributed by atoms with van der Waals surface area (Å²) in [5.41, 5.74) is 1.68. The molecule has 0 aliphatic rings. The Labute approximate surface area is 193 Å². The molecule has 32 heavy (non-hydrogen) atoms. The van der Waals surface area contributed by atoms with Gasteiger partial charge in [-0.15, -0.1) is 5.10 Å². The number of rotatable bonds is 8. The summed E-state index contributed by atoms with van der Waals surface area (Å²) in [6, 6.07) is 10.9. The molecule has 0 fully saturated rings. The van der Waals surface area contributed by atoms with E-state index in [2.05, 4.69) is 25.8 Å². The first-order chi connectivity index (χ1) is 15.4. The van der Waals surface area contributed by atoms with E-state index in [-0.39, 0.29) is 17.8 Å². The summed E-state index contributed by atoms with van der Waals surface area (Å²) in [5.74, 6) is 0.681. The predicted octanol–water partition coefficient (Wildman–Crippen LogP) is 4.04. The SMILES string of the molecule is COc1cccc2sc(Nc3nnc(-c4ccc(Cl)c(C(=O)NCCN(C)C)c4)o3)nc12. The van der Waals surface area contributed by atoms with Crippen molar-refractivity contribution in [2.75, 3.05) is 39.6 Å². The molecule has 2 aromatic heterocycles. The van der Waals surface area contributed by atoms with Gasteiger partial charge in [0.05, 0.1) is 22.4 Å². The summed E-state index contributed by atoms with van der Waals surface area (Å²) >= 11 is 7.67. The summed E-state index contributed by atoms with van der Waals surface area (Å²) in [6.45, 7) is 1.23. The van der Waals surface area contributed by atoms with Gasteiger partial charge < -0.3 is 19.4 Å². The molecule has 0 aliphatic carbocycles. The number of anilines is 2. The topological polar surface area (TPSA) is 105 Å². The molecule has 0 radical (unpaired) electrons. The lowest BCUT2D eigenvalue weighted by Crippen LogP contribution is -2.31. The van der Waals surface area contributed by atoms with Crippen molar-refractivity contribution in [1.29, 1.82) is 0 Å². The second-order valence-electron chi connectivity index (χ2n) is 7.12. The Kier molecular flexibility index (Phi) is 6.54. The van der Waals surface area contributed by atoms with Crippen LogP contribution in [-0.2, 0) is 0 Å². The quantitative estimate of drug-likeness (QED) is 0.395. The van der Waals surface area contributed by atoms with Gasteiger partial charge in [0, 0.05) is 18.7 Å². The minimum atomic E-state index is -0.264. The van der Waals surface area contributed by atoms with Crippen LogP contribution in [0.2, 0.25) is 5.02 Å². The molecule has 11 heteroatoms. The number of aromatic nitrogens is 3. The molecule has 2 aromatic carbocycles. The highest BCUT2D eigenvalue weighted by molar-refractivity contribution is 7.22. The van der Waals surface area contributed by atoms with E-state index in [1.54, 1.807) is 25.3 Å². The molecule has 2 heterocycles. The Hall–Kier alpha value is -3.21. The number of methoxy groups -OCH3 is 1. The Bertz CT molecular complexity index is 1260. The average Bonchev–Trinajstić information content (AvgIpc) is 3.40.